The van der Waals surface area contributed by atoms with Gasteiger partial charge in [-0.1, -0.05) is 5.21 Å². The molecule has 0 amide bonds. The van der Waals surface area contributed by atoms with Crippen LogP contribution in [0.25, 0.3) is 0 Å². The first-order chi connectivity index (χ1) is 6.95. The Balaban J connectivity index is 1.55. The van der Waals surface area contributed by atoms with Crippen molar-refractivity contribution >= 4 is 0 Å². The summed E-state index contributed by atoms with van der Waals surface area (Å²) in [6.07, 6.45) is 5.98. The molecule has 1 atom stereocenters. The van der Waals surface area contributed by atoms with Crippen LogP contribution in [0.3, 0.4) is 0 Å². The van der Waals surface area contributed by atoms with Gasteiger partial charge in [-0.3, -0.25) is 4.68 Å². The van der Waals surface area contributed by atoms with Gasteiger partial charge in [-0.2, -0.15) is 0 Å². The van der Waals surface area contributed by atoms with Gasteiger partial charge >= 0.3 is 0 Å². The van der Waals surface area contributed by atoms with Crippen molar-refractivity contribution in [2.75, 3.05) is 19.6 Å². The van der Waals surface area contributed by atoms with Crippen molar-refractivity contribution in [2.45, 2.75) is 25.4 Å². The summed E-state index contributed by atoms with van der Waals surface area (Å²) < 4.78 is 1.87. The zero-order chi connectivity index (χ0) is 9.64. The third kappa shape index (κ3) is 2.78. The molecular weight excluding hydrogens is 178 g/mol. The zero-order valence-electron chi connectivity index (χ0n) is 8.32. The topological polar surface area (TPSA) is 54.8 Å². The number of hydrogen-bond donors (Lipinski definition) is 2. The van der Waals surface area contributed by atoms with Gasteiger partial charge in [-0.15, -0.1) is 5.10 Å². The number of rotatable bonds is 5. The maximum absolute atomic E-state index is 3.91. The predicted molar refractivity (Wildman–Crippen MR) is 53.9 cm³/mol. The van der Waals surface area contributed by atoms with E-state index in [4.69, 9.17) is 0 Å². The molecule has 0 spiro atoms. The minimum Gasteiger partial charge on any atom is -0.315 e. The molecule has 5 heteroatoms. The van der Waals surface area contributed by atoms with Crippen LogP contribution >= 0.6 is 0 Å². The zero-order valence-corrected chi connectivity index (χ0v) is 8.32. The number of nitrogens with zero attached hydrogens (tertiary/aromatic N) is 3. The molecule has 5 nitrogen and oxygen atoms in total. The minimum absolute atomic E-state index is 0.672. The van der Waals surface area contributed by atoms with Crippen LogP contribution in [0.1, 0.15) is 12.8 Å². The first-order valence-corrected chi connectivity index (χ1v) is 5.23. The second kappa shape index (κ2) is 5.07. The molecule has 2 N–H and O–H groups in total. The van der Waals surface area contributed by atoms with E-state index >= 15 is 0 Å². The van der Waals surface area contributed by atoms with Crippen LogP contribution in [0, 0.1) is 0 Å². The fourth-order valence-electron chi connectivity index (χ4n) is 1.73. The van der Waals surface area contributed by atoms with Crippen molar-refractivity contribution in [3.8, 4) is 0 Å². The molecule has 1 aliphatic rings. The predicted octanol–water partition coefficient (Wildman–Crippen LogP) is -0.380. The quantitative estimate of drug-likeness (QED) is 0.629. The molecule has 0 radical (unpaired) electrons. The lowest BCUT2D eigenvalue weighted by atomic mass is 10.2. The van der Waals surface area contributed by atoms with Crippen molar-refractivity contribution in [2.24, 2.45) is 0 Å². The van der Waals surface area contributed by atoms with E-state index in [1.54, 1.807) is 6.20 Å². The lowest BCUT2D eigenvalue weighted by molar-refractivity contribution is 0.490. The lowest BCUT2D eigenvalue weighted by Gasteiger charge is -2.10. The number of hydrogen-bond acceptors (Lipinski definition) is 4. The van der Waals surface area contributed by atoms with E-state index < -0.39 is 0 Å². The number of aromatic nitrogens is 3. The van der Waals surface area contributed by atoms with Crippen molar-refractivity contribution in [3.05, 3.63) is 12.4 Å². The number of nitrogens with one attached hydrogen (secondary N) is 2. The highest BCUT2D eigenvalue weighted by Crippen LogP contribution is 1.96. The van der Waals surface area contributed by atoms with E-state index in [0.29, 0.717) is 6.04 Å². The molecule has 14 heavy (non-hydrogen) atoms. The summed E-state index contributed by atoms with van der Waals surface area (Å²) in [6.45, 7) is 4.28. The highest BCUT2D eigenvalue weighted by atomic mass is 15.4. The fourth-order valence-corrected chi connectivity index (χ4v) is 1.73. The van der Waals surface area contributed by atoms with Crippen molar-refractivity contribution in [1.82, 2.24) is 25.6 Å². The first kappa shape index (κ1) is 9.61. The normalized spacial score (nSPS) is 21.6. The van der Waals surface area contributed by atoms with Gasteiger partial charge in [0.25, 0.3) is 0 Å². The van der Waals surface area contributed by atoms with Gasteiger partial charge in [0.15, 0.2) is 0 Å². The van der Waals surface area contributed by atoms with E-state index in [1.807, 2.05) is 10.9 Å². The van der Waals surface area contributed by atoms with E-state index in [-0.39, 0.29) is 0 Å². The van der Waals surface area contributed by atoms with Gasteiger partial charge < -0.3 is 10.6 Å². The van der Waals surface area contributed by atoms with Crippen LogP contribution in [-0.4, -0.2) is 40.7 Å². The average molecular weight is 195 g/mol. The maximum Gasteiger partial charge on any atom is 0.0692 e. The van der Waals surface area contributed by atoms with Crippen LogP contribution < -0.4 is 10.6 Å². The van der Waals surface area contributed by atoms with Crippen LogP contribution in [0.2, 0.25) is 0 Å². The summed E-state index contributed by atoms with van der Waals surface area (Å²) in [5.74, 6) is 0. The smallest absolute Gasteiger partial charge is 0.0692 e. The van der Waals surface area contributed by atoms with E-state index in [1.165, 1.54) is 6.42 Å². The second-order valence-corrected chi connectivity index (χ2v) is 3.66. The van der Waals surface area contributed by atoms with Crippen molar-refractivity contribution < 1.29 is 0 Å². The summed E-state index contributed by atoms with van der Waals surface area (Å²) in [5, 5.41) is 14.5. The molecule has 0 aliphatic carbocycles. The van der Waals surface area contributed by atoms with Gasteiger partial charge in [0.05, 0.1) is 6.20 Å². The molecule has 0 aromatic carbocycles. The Morgan fingerprint density at radius 3 is 3.29 bits per heavy atom. The summed E-state index contributed by atoms with van der Waals surface area (Å²) >= 11 is 0. The van der Waals surface area contributed by atoms with Gasteiger partial charge in [-0.25, -0.2) is 0 Å². The summed E-state index contributed by atoms with van der Waals surface area (Å²) in [5.41, 5.74) is 0. The molecular formula is C9H17N5. The standard InChI is InChI=1S/C9H17N5/c1(6-14-7-5-12-13-14)3-11-9-2-4-10-8-9/h5,7,9-11H,1-4,6,8H2. The molecule has 1 fully saturated rings. The molecule has 0 saturated carbocycles. The Morgan fingerprint density at radius 2 is 2.57 bits per heavy atom. The van der Waals surface area contributed by atoms with Gasteiger partial charge in [0.2, 0.25) is 0 Å². The van der Waals surface area contributed by atoms with Gasteiger partial charge in [-0.05, 0) is 25.9 Å². The fraction of sp³-hybridized carbons (Fsp3) is 0.778. The molecule has 0 bridgehead atoms. The summed E-state index contributed by atoms with van der Waals surface area (Å²) in [6, 6.07) is 0.672. The maximum atomic E-state index is 3.91. The van der Waals surface area contributed by atoms with Gasteiger partial charge in [0, 0.05) is 25.3 Å². The summed E-state index contributed by atoms with van der Waals surface area (Å²) in [7, 11) is 0. The van der Waals surface area contributed by atoms with Crippen LogP contribution in [-0.2, 0) is 6.54 Å². The van der Waals surface area contributed by atoms with E-state index in [0.717, 1.165) is 32.6 Å². The Labute approximate surface area is 83.9 Å². The Morgan fingerprint density at radius 1 is 1.57 bits per heavy atom. The third-order valence-electron chi connectivity index (χ3n) is 2.53. The van der Waals surface area contributed by atoms with Crippen LogP contribution in [0.5, 0.6) is 0 Å². The third-order valence-corrected chi connectivity index (χ3v) is 2.53. The second-order valence-electron chi connectivity index (χ2n) is 3.66. The molecule has 1 saturated heterocycles. The largest absolute Gasteiger partial charge is 0.315 e. The lowest BCUT2D eigenvalue weighted by Crippen LogP contribution is -2.32. The number of aryl methyl sites for hydroxylation is 1. The SMILES string of the molecule is c1cn(CCCNC2CCNC2)nn1. The molecule has 1 aliphatic heterocycles. The monoisotopic (exact) mass is 195 g/mol. The minimum atomic E-state index is 0.672. The highest BCUT2D eigenvalue weighted by Gasteiger charge is 2.12. The van der Waals surface area contributed by atoms with E-state index in [2.05, 4.69) is 20.9 Å². The van der Waals surface area contributed by atoms with Crippen LogP contribution in [0.15, 0.2) is 12.4 Å². The Hall–Kier alpha value is -0.940. The van der Waals surface area contributed by atoms with Crippen molar-refractivity contribution in [3.63, 3.8) is 0 Å². The molecule has 1 unspecified atom stereocenters. The summed E-state index contributed by atoms with van der Waals surface area (Å²) in [4.78, 5) is 0. The molecule has 2 rings (SSSR count). The molecule has 1 aromatic rings. The highest BCUT2D eigenvalue weighted by molar-refractivity contribution is 4.76. The molecule has 2 heterocycles. The molecule has 78 valence electrons. The Kier molecular flexibility index (Phi) is 3.48. The Bertz CT molecular complexity index is 240. The first-order valence-electron chi connectivity index (χ1n) is 5.23. The van der Waals surface area contributed by atoms with Gasteiger partial charge in [0.1, 0.15) is 0 Å². The van der Waals surface area contributed by atoms with Crippen molar-refractivity contribution in [1.29, 1.82) is 0 Å². The van der Waals surface area contributed by atoms with Crippen LogP contribution in [0.4, 0.5) is 0 Å². The van der Waals surface area contributed by atoms with E-state index in [9.17, 15) is 0 Å². The average Bonchev–Trinajstić information content (AvgIpc) is 2.86. The molecule has 1 aromatic heterocycles.